The number of halogens is 1. The van der Waals surface area contributed by atoms with Crippen molar-refractivity contribution in [3.8, 4) is 0 Å². The molecule has 2 aliphatic rings. The van der Waals surface area contributed by atoms with Gasteiger partial charge in [-0.15, -0.1) is 0 Å². The molecule has 2 atom stereocenters. The monoisotopic (exact) mass is 479 g/mol. The molecule has 0 amide bonds. The van der Waals surface area contributed by atoms with E-state index in [1.807, 2.05) is 23.9 Å². The summed E-state index contributed by atoms with van der Waals surface area (Å²) in [4.78, 5) is 16.1. The van der Waals surface area contributed by atoms with E-state index < -0.39 is 0 Å². The van der Waals surface area contributed by atoms with E-state index in [0.717, 1.165) is 55.2 Å². The fourth-order valence-corrected chi connectivity index (χ4v) is 4.70. The number of nitrogens with zero attached hydrogens (tertiary/aromatic N) is 6. The predicted molar refractivity (Wildman–Crippen MR) is 136 cm³/mol. The molecule has 1 aliphatic heterocycles. The van der Waals surface area contributed by atoms with Gasteiger partial charge in [0, 0.05) is 43.5 Å². The molecule has 1 unspecified atom stereocenters. The van der Waals surface area contributed by atoms with Crippen molar-refractivity contribution >= 4 is 29.1 Å². The summed E-state index contributed by atoms with van der Waals surface area (Å²) in [6.45, 7) is 12.7. The van der Waals surface area contributed by atoms with Crippen LogP contribution in [0.1, 0.15) is 56.5 Å². The molecule has 0 bridgehead atoms. The number of piperazine rings is 1. The minimum Gasteiger partial charge on any atom is -0.362 e. The Kier molecular flexibility index (Phi) is 6.31. The maximum atomic E-state index is 14.6. The Morgan fingerprint density at radius 2 is 1.91 bits per heavy atom. The van der Waals surface area contributed by atoms with Crippen LogP contribution in [-0.4, -0.2) is 49.9 Å². The van der Waals surface area contributed by atoms with E-state index in [-0.39, 0.29) is 17.8 Å². The molecule has 3 N–H and O–H groups in total. The maximum Gasteiger partial charge on any atom is 0.230 e. The van der Waals surface area contributed by atoms with Crippen LogP contribution in [0.2, 0.25) is 0 Å². The molecule has 9 nitrogen and oxygen atoms in total. The summed E-state index contributed by atoms with van der Waals surface area (Å²) in [7, 11) is 0. The summed E-state index contributed by atoms with van der Waals surface area (Å²) in [6.07, 6.45) is 3.88. The quantitative estimate of drug-likeness (QED) is 0.459. The van der Waals surface area contributed by atoms with E-state index in [4.69, 9.17) is 4.98 Å². The third-order valence-electron chi connectivity index (χ3n) is 7.05. The normalized spacial score (nSPS) is 20.2. The van der Waals surface area contributed by atoms with Gasteiger partial charge in [-0.25, -0.2) is 14.4 Å². The second-order valence-electron chi connectivity index (χ2n) is 9.61. The molecular formula is C25H34FN9. The first-order valence-electron chi connectivity index (χ1n) is 12.5. The fraction of sp³-hybridized carbons (Fsp3) is 0.520. The van der Waals surface area contributed by atoms with E-state index in [2.05, 4.69) is 56.7 Å². The van der Waals surface area contributed by atoms with Gasteiger partial charge >= 0.3 is 0 Å². The number of hydrogen-bond donors (Lipinski definition) is 3. The van der Waals surface area contributed by atoms with Crippen molar-refractivity contribution < 1.29 is 4.39 Å². The molecule has 186 valence electrons. The average Bonchev–Trinajstić information content (AvgIpc) is 3.61. The first-order chi connectivity index (χ1) is 16.8. The van der Waals surface area contributed by atoms with Gasteiger partial charge in [0.05, 0.1) is 17.6 Å². The zero-order valence-electron chi connectivity index (χ0n) is 21.1. The molecule has 35 heavy (non-hydrogen) atoms. The van der Waals surface area contributed by atoms with Crippen LogP contribution in [0.5, 0.6) is 0 Å². The van der Waals surface area contributed by atoms with E-state index in [9.17, 15) is 4.39 Å². The Labute approximate surface area is 205 Å². The molecule has 2 fully saturated rings. The highest BCUT2D eigenvalue weighted by atomic mass is 19.1. The zero-order chi connectivity index (χ0) is 24.7. The average molecular weight is 480 g/mol. The Hall–Kier alpha value is -3.27. The molecule has 1 saturated heterocycles. The Morgan fingerprint density at radius 3 is 2.63 bits per heavy atom. The molecule has 3 aromatic heterocycles. The lowest BCUT2D eigenvalue weighted by atomic mass is 10.1. The van der Waals surface area contributed by atoms with Crippen molar-refractivity contribution in [3.63, 3.8) is 0 Å². The van der Waals surface area contributed by atoms with Gasteiger partial charge in [0.2, 0.25) is 5.95 Å². The largest absolute Gasteiger partial charge is 0.362 e. The fourth-order valence-electron chi connectivity index (χ4n) is 4.70. The highest BCUT2D eigenvalue weighted by Crippen LogP contribution is 2.42. The van der Waals surface area contributed by atoms with Gasteiger partial charge in [-0.05, 0) is 65.0 Å². The van der Waals surface area contributed by atoms with Crippen LogP contribution in [-0.2, 0) is 6.54 Å². The third kappa shape index (κ3) is 4.80. The summed E-state index contributed by atoms with van der Waals surface area (Å²) in [5.41, 5.74) is 3.10. The van der Waals surface area contributed by atoms with Crippen LogP contribution in [0, 0.1) is 19.7 Å². The molecule has 3 aromatic rings. The summed E-state index contributed by atoms with van der Waals surface area (Å²) in [6, 6.07) is 4.41. The van der Waals surface area contributed by atoms with Gasteiger partial charge in [-0.2, -0.15) is 10.1 Å². The molecular weight excluding hydrogens is 445 g/mol. The van der Waals surface area contributed by atoms with Gasteiger partial charge < -0.3 is 20.9 Å². The lowest BCUT2D eigenvalue weighted by molar-refractivity contribution is 0.404. The second-order valence-corrected chi connectivity index (χ2v) is 9.61. The van der Waals surface area contributed by atoms with E-state index in [1.165, 1.54) is 0 Å². The molecule has 0 aromatic carbocycles. The first-order valence-corrected chi connectivity index (χ1v) is 12.5. The lowest BCUT2D eigenvalue weighted by Gasteiger charge is -2.40. The Balaban J connectivity index is 1.49. The number of aryl methyl sites for hydroxylation is 3. The van der Waals surface area contributed by atoms with E-state index >= 15 is 0 Å². The summed E-state index contributed by atoms with van der Waals surface area (Å²) in [5.74, 6) is 2.44. The van der Waals surface area contributed by atoms with Gasteiger partial charge in [0.15, 0.2) is 11.6 Å². The molecule has 1 saturated carbocycles. The van der Waals surface area contributed by atoms with Crippen LogP contribution >= 0.6 is 0 Å². The standard InChI is InChI=1S/C25H34FN9/c1-6-35-14(2)11-22(33-35)30-24-20(34-10-9-27-15(3)17(34)5)13-28-25(32-24)31-21-12-19(18-7-8-18)23(26)16(4)29-21/h11-13,15,17-18,27H,6-10H2,1-5H3,(H2,28,29,30,31,32,33)/t15?,17-/m1/s1. The van der Waals surface area contributed by atoms with Gasteiger partial charge in [-0.1, -0.05) is 0 Å². The molecule has 1 aliphatic carbocycles. The van der Waals surface area contributed by atoms with Crippen molar-refractivity contribution in [1.82, 2.24) is 30.0 Å². The summed E-state index contributed by atoms with van der Waals surface area (Å²) < 4.78 is 16.5. The molecule has 10 heteroatoms. The number of pyridine rings is 1. The van der Waals surface area contributed by atoms with E-state index in [1.54, 1.807) is 13.0 Å². The van der Waals surface area contributed by atoms with Crippen molar-refractivity contribution in [2.75, 3.05) is 28.6 Å². The summed E-state index contributed by atoms with van der Waals surface area (Å²) in [5, 5.41) is 14.8. The van der Waals surface area contributed by atoms with Gasteiger partial charge in [-0.3, -0.25) is 4.68 Å². The molecule has 0 spiro atoms. The zero-order valence-corrected chi connectivity index (χ0v) is 21.1. The number of hydrogen-bond acceptors (Lipinski definition) is 8. The second kappa shape index (κ2) is 9.41. The maximum absolute atomic E-state index is 14.6. The Morgan fingerprint density at radius 1 is 1.11 bits per heavy atom. The SMILES string of the molecule is CCn1nc(Nc2nc(Nc3cc(C4CC4)c(F)c(C)n3)ncc2N2CCNC(C)[C@H]2C)cc1C. The van der Waals surface area contributed by atoms with Gasteiger partial charge in [0.25, 0.3) is 0 Å². The number of anilines is 5. The van der Waals surface area contributed by atoms with Crippen LogP contribution < -0.4 is 20.9 Å². The van der Waals surface area contributed by atoms with E-state index in [0.29, 0.717) is 29.3 Å². The smallest absolute Gasteiger partial charge is 0.230 e. The highest BCUT2D eigenvalue weighted by Gasteiger charge is 2.29. The molecule has 5 rings (SSSR count). The Bertz CT molecular complexity index is 1220. The third-order valence-corrected chi connectivity index (χ3v) is 7.05. The molecule has 4 heterocycles. The lowest BCUT2D eigenvalue weighted by Crippen LogP contribution is -2.55. The van der Waals surface area contributed by atoms with Crippen molar-refractivity contribution in [3.05, 3.63) is 41.1 Å². The number of nitrogens with one attached hydrogen (secondary N) is 3. The van der Waals surface area contributed by atoms with Crippen molar-refractivity contribution in [2.45, 2.75) is 72.0 Å². The summed E-state index contributed by atoms with van der Waals surface area (Å²) >= 11 is 0. The van der Waals surface area contributed by atoms with Crippen LogP contribution in [0.3, 0.4) is 0 Å². The van der Waals surface area contributed by atoms with Crippen molar-refractivity contribution in [1.29, 1.82) is 0 Å². The number of aromatic nitrogens is 5. The van der Waals surface area contributed by atoms with Crippen LogP contribution in [0.15, 0.2) is 18.3 Å². The van der Waals surface area contributed by atoms with Crippen LogP contribution in [0.25, 0.3) is 0 Å². The predicted octanol–water partition coefficient (Wildman–Crippen LogP) is 4.40. The van der Waals surface area contributed by atoms with Crippen LogP contribution in [0.4, 0.5) is 33.5 Å². The number of rotatable bonds is 7. The first kappa shape index (κ1) is 23.5. The minimum atomic E-state index is -0.208. The molecule has 0 radical (unpaired) electrons. The van der Waals surface area contributed by atoms with Crippen molar-refractivity contribution in [2.24, 2.45) is 0 Å². The highest BCUT2D eigenvalue weighted by molar-refractivity contribution is 5.72. The van der Waals surface area contributed by atoms with Gasteiger partial charge in [0.1, 0.15) is 11.6 Å². The topological polar surface area (TPSA) is 95.8 Å². The minimum absolute atomic E-state index is 0.208.